The fourth-order valence-electron chi connectivity index (χ4n) is 7.40. The van der Waals surface area contributed by atoms with E-state index in [0.717, 1.165) is 70.6 Å². The number of carbonyl (C=O) groups is 2. The molecule has 0 saturated carbocycles. The maximum absolute atomic E-state index is 12.4. The molecular weight excluding hydrogens is 695 g/mol. The highest BCUT2D eigenvalue weighted by Gasteiger charge is 2.20. The van der Waals surface area contributed by atoms with Crippen molar-refractivity contribution in [1.82, 2.24) is 5.32 Å². The molecule has 56 heavy (non-hydrogen) atoms. The standard InChI is InChI=1S/C50H95NO5/c1-3-5-7-9-11-13-15-16-17-18-19-20-21-22-24-28-32-36-40-44-50(55)56-45-41-37-33-29-25-27-31-35-39-43-49(54)51-47(46-52)48(53)42-38-34-30-26-23-14-12-10-8-6-4-2/h16-17,27,31,47-48,52-53H,3-15,18-26,28-30,32-46H2,1-2H3,(H,51,54)/b17-16-,31-27-. The van der Waals surface area contributed by atoms with E-state index in [4.69, 9.17) is 4.74 Å². The van der Waals surface area contributed by atoms with Gasteiger partial charge in [-0.3, -0.25) is 9.59 Å². The monoisotopic (exact) mass is 790 g/mol. The highest BCUT2D eigenvalue weighted by Crippen LogP contribution is 2.15. The van der Waals surface area contributed by atoms with Crippen molar-refractivity contribution >= 4 is 11.9 Å². The van der Waals surface area contributed by atoms with Crippen LogP contribution in [0.25, 0.3) is 0 Å². The van der Waals surface area contributed by atoms with E-state index in [1.165, 1.54) is 154 Å². The maximum Gasteiger partial charge on any atom is 0.305 e. The van der Waals surface area contributed by atoms with Gasteiger partial charge in [-0.2, -0.15) is 0 Å². The van der Waals surface area contributed by atoms with Crippen LogP contribution in [0.4, 0.5) is 0 Å². The Hall–Kier alpha value is -1.66. The van der Waals surface area contributed by atoms with E-state index in [1.807, 2.05) is 0 Å². The summed E-state index contributed by atoms with van der Waals surface area (Å²) in [6, 6.07) is -0.577. The summed E-state index contributed by atoms with van der Waals surface area (Å²) in [5, 5.41) is 23.0. The van der Waals surface area contributed by atoms with Crippen molar-refractivity contribution in [2.24, 2.45) is 0 Å². The Morgan fingerprint density at radius 3 is 1.30 bits per heavy atom. The van der Waals surface area contributed by atoms with E-state index >= 15 is 0 Å². The summed E-state index contributed by atoms with van der Waals surface area (Å²) in [4.78, 5) is 24.4. The van der Waals surface area contributed by atoms with Crippen LogP contribution in [-0.4, -0.2) is 47.4 Å². The third kappa shape index (κ3) is 42.0. The summed E-state index contributed by atoms with van der Waals surface area (Å²) in [5.74, 6) is -0.134. The zero-order chi connectivity index (χ0) is 40.8. The first kappa shape index (κ1) is 54.3. The Morgan fingerprint density at radius 1 is 0.482 bits per heavy atom. The molecule has 6 heteroatoms. The van der Waals surface area contributed by atoms with E-state index in [9.17, 15) is 19.8 Å². The van der Waals surface area contributed by atoms with E-state index in [-0.39, 0.29) is 18.5 Å². The Balaban J connectivity index is 3.51. The normalized spacial score (nSPS) is 12.9. The van der Waals surface area contributed by atoms with Crippen LogP contribution in [0.15, 0.2) is 24.3 Å². The van der Waals surface area contributed by atoms with Crippen LogP contribution in [0.3, 0.4) is 0 Å². The number of unbranched alkanes of at least 4 members (excludes halogenated alkanes) is 30. The minimum Gasteiger partial charge on any atom is -0.466 e. The van der Waals surface area contributed by atoms with E-state index < -0.39 is 12.1 Å². The number of carbonyl (C=O) groups excluding carboxylic acids is 2. The molecule has 2 unspecified atom stereocenters. The molecule has 2 atom stereocenters. The molecule has 0 rings (SSSR count). The Labute approximate surface area is 348 Å². The zero-order valence-electron chi connectivity index (χ0n) is 37.4. The molecule has 0 heterocycles. The highest BCUT2D eigenvalue weighted by atomic mass is 16.5. The quantitative estimate of drug-likeness (QED) is 0.0324. The van der Waals surface area contributed by atoms with Gasteiger partial charge in [-0.05, 0) is 70.6 Å². The van der Waals surface area contributed by atoms with Crippen molar-refractivity contribution in [1.29, 1.82) is 0 Å². The summed E-state index contributed by atoms with van der Waals surface area (Å²) in [6.07, 6.45) is 53.0. The molecule has 330 valence electrons. The van der Waals surface area contributed by atoms with Crippen molar-refractivity contribution in [3.63, 3.8) is 0 Å². The first-order valence-electron chi connectivity index (χ1n) is 24.6. The number of aliphatic hydroxyl groups is 2. The second-order valence-corrected chi connectivity index (χ2v) is 16.8. The fourth-order valence-corrected chi connectivity index (χ4v) is 7.40. The van der Waals surface area contributed by atoms with Crippen LogP contribution < -0.4 is 5.32 Å². The lowest BCUT2D eigenvalue weighted by atomic mass is 10.0. The van der Waals surface area contributed by atoms with Crippen LogP contribution in [0.2, 0.25) is 0 Å². The van der Waals surface area contributed by atoms with Crippen molar-refractivity contribution in [2.45, 2.75) is 270 Å². The van der Waals surface area contributed by atoms with Gasteiger partial charge in [-0.25, -0.2) is 0 Å². The third-order valence-electron chi connectivity index (χ3n) is 11.2. The van der Waals surface area contributed by atoms with E-state index in [0.29, 0.717) is 25.9 Å². The number of allylic oxidation sites excluding steroid dienone is 4. The molecule has 0 aromatic rings. The Bertz CT molecular complexity index is 874. The molecule has 0 saturated heterocycles. The summed E-state index contributed by atoms with van der Waals surface area (Å²) < 4.78 is 5.44. The van der Waals surface area contributed by atoms with Gasteiger partial charge in [0.1, 0.15) is 0 Å². The van der Waals surface area contributed by atoms with E-state index in [2.05, 4.69) is 43.5 Å². The van der Waals surface area contributed by atoms with Crippen molar-refractivity contribution < 1.29 is 24.5 Å². The largest absolute Gasteiger partial charge is 0.466 e. The number of hydrogen-bond donors (Lipinski definition) is 3. The lowest BCUT2D eigenvalue weighted by Crippen LogP contribution is -2.45. The minimum absolute atomic E-state index is 0.0368. The highest BCUT2D eigenvalue weighted by molar-refractivity contribution is 5.76. The van der Waals surface area contributed by atoms with Crippen LogP contribution in [-0.2, 0) is 14.3 Å². The van der Waals surface area contributed by atoms with Gasteiger partial charge in [0, 0.05) is 12.8 Å². The lowest BCUT2D eigenvalue weighted by Gasteiger charge is -2.22. The van der Waals surface area contributed by atoms with Gasteiger partial charge in [0.25, 0.3) is 0 Å². The number of rotatable bonds is 45. The molecule has 1 amide bonds. The van der Waals surface area contributed by atoms with Crippen molar-refractivity contribution in [3.05, 3.63) is 24.3 Å². The third-order valence-corrected chi connectivity index (χ3v) is 11.2. The molecule has 0 aliphatic carbocycles. The number of hydrogen-bond acceptors (Lipinski definition) is 5. The lowest BCUT2D eigenvalue weighted by molar-refractivity contribution is -0.143. The molecule has 0 spiro atoms. The number of aliphatic hydroxyl groups excluding tert-OH is 2. The first-order valence-corrected chi connectivity index (χ1v) is 24.6. The zero-order valence-corrected chi connectivity index (χ0v) is 37.4. The van der Waals surface area contributed by atoms with Gasteiger partial charge in [0.2, 0.25) is 5.91 Å². The average Bonchev–Trinajstić information content (AvgIpc) is 3.20. The number of ether oxygens (including phenoxy) is 1. The van der Waals surface area contributed by atoms with Crippen LogP contribution in [0.5, 0.6) is 0 Å². The van der Waals surface area contributed by atoms with E-state index in [1.54, 1.807) is 0 Å². The maximum atomic E-state index is 12.4. The summed E-state index contributed by atoms with van der Waals surface area (Å²) in [6.45, 7) is 4.84. The molecule has 0 radical (unpaired) electrons. The second kappa shape index (κ2) is 46.0. The summed E-state index contributed by atoms with van der Waals surface area (Å²) in [7, 11) is 0. The van der Waals surface area contributed by atoms with Crippen LogP contribution in [0.1, 0.15) is 258 Å². The number of amides is 1. The summed E-state index contributed by atoms with van der Waals surface area (Å²) in [5.41, 5.74) is 0. The van der Waals surface area contributed by atoms with Crippen molar-refractivity contribution in [2.75, 3.05) is 13.2 Å². The predicted molar refractivity (Wildman–Crippen MR) is 241 cm³/mol. The predicted octanol–water partition coefficient (Wildman–Crippen LogP) is 14.3. The average molecular weight is 790 g/mol. The topological polar surface area (TPSA) is 95.9 Å². The van der Waals surface area contributed by atoms with Gasteiger partial charge in [0.05, 0.1) is 25.4 Å². The number of esters is 1. The Morgan fingerprint density at radius 2 is 0.857 bits per heavy atom. The first-order chi connectivity index (χ1) is 27.5. The van der Waals surface area contributed by atoms with Crippen LogP contribution >= 0.6 is 0 Å². The molecule has 0 bridgehead atoms. The molecule has 6 nitrogen and oxygen atoms in total. The molecule has 0 aliphatic heterocycles. The van der Waals surface area contributed by atoms with Crippen LogP contribution in [0, 0.1) is 0 Å². The SMILES string of the molecule is CCCCCCCC/C=C\CCCCCCCCCCCC(=O)OCCCCCC/C=C\CCCC(=O)NC(CO)C(O)CCCCCCCCCCCCC. The number of nitrogens with one attached hydrogen (secondary N) is 1. The van der Waals surface area contributed by atoms with Gasteiger partial charge < -0.3 is 20.3 Å². The molecule has 0 aromatic carbocycles. The van der Waals surface area contributed by atoms with Gasteiger partial charge in [0.15, 0.2) is 0 Å². The second-order valence-electron chi connectivity index (χ2n) is 16.8. The molecule has 0 fully saturated rings. The molecule has 3 N–H and O–H groups in total. The van der Waals surface area contributed by atoms with Gasteiger partial charge in [-0.15, -0.1) is 0 Å². The van der Waals surface area contributed by atoms with Gasteiger partial charge >= 0.3 is 5.97 Å². The Kier molecular flexibility index (Phi) is 44.7. The molecule has 0 aliphatic rings. The molecule has 0 aromatic heterocycles. The van der Waals surface area contributed by atoms with Gasteiger partial charge in [-0.1, -0.05) is 199 Å². The smallest absolute Gasteiger partial charge is 0.305 e. The molecular formula is C50H95NO5. The minimum atomic E-state index is -0.693. The fraction of sp³-hybridized carbons (Fsp3) is 0.880. The van der Waals surface area contributed by atoms with Crippen molar-refractivity contribution in [3.8, 4) is 0 Å². The summed E-state index contributed by atoms with van der Waals surface area (Å²) >= 11 is 0.